The molecule has 0 radical (unpaired) electrons. The van der Waals surface area contributed by atoms with Gasteiger partial charge in [0.15, 0.2) is 11.9 Å². The molecule has 1 aliphatic heterocycles. The summed E-state index contributed by atoms with van der Waals surface area (Å²) < 4.78 is 5.77. The molecule has 1 unspecified atom stereocenters. The van der Waals surface area contributed by atoms with Crippen LogP contribution in [0.15, 0.2) is 24.3 Å². The monoisotopic (exact) mass is 332 g/mol. The van der Waals surface area contributed by atoms with Crippen LogP contribution in [0.4, 0.5) is 0 Å². The molecule has 1 saturated heterocycles. The van der Waals surface area contributed by atoms with Crippen molar-refractivity contribution in [2.45, 2.75) is 45.8 Å². The van der Waals surface area contributed by atoms with Crippen LogP contribution in [-0.4, -0.2) is 60.3 Å². The number of hydrogen-bond acceptors (Lipinski definition) is 4. The van der Waals surface area contributed by atoms with Gasteiger partial charge in [-0.2, -0.15) is 0 Å². The molecule has 1 atom stereocenters. The Labute approximate surface area is 144 Å². The smallest absolute Gasteiger partial charge is 0.263 e. The molecular weight excluding hydrogens is 304 g/mol. The van der Waals surface area contributed by atoms with Gasteiger partial charge in [0.1, 0.15) is 5.75 Å². The van der Waals surface area contributed by atoms with Gasteiger partial charge in [-0.25, -0.2) is 0 Å². The average molecular weight is 332 g/mol. The maximum Gasteiger partial charge on any atom is 0.263 e. The van der Waals surface area contributed by atoms with Gasteiger partial charge in [0, 0.05) is 31.7 Å². The molecule has 1 aromatic rings. The summed E-state index contributed by atoms with van der Waals surface area (Å²) in [6, 6.07) is 7.25. The van der Waals surface area contributed by atoms with Crippen LogP contribution < -0.4 is 4.74 Å². The first-order chi connectivity index (χ1) is 11.4. The van der Waals surface area contributed by atoms with Crippen LogP contribution in [0.3, 0.4) is 0 Å². The van der Waals surface area contributed by atoms with Gasteiger partial charge >= 0.3 is 0 Å². The molecule has 0 N–H and O–H groups in total. The van der Waals surface area contributed by atoms with Crippen LogP contribution in [0.2, 0.25) is 0 Å². The molecule has 132 valence electrons. The Balaban J connectivity index is 1.94. The average Bonchev–Trinajstić information content (AvgIpc) is 2.60. The third-order valence-corrected chi connectivity index (χ3v) is 4.80. The van der Waals surface area contributed by atoms with Crippen molar-refractivity contribution in [2.75, 3.05) is 26.7 Å². The number of ether oxygens (including phenoxy) is 1. The van der Waals surface area contributed by atoms with Gasteiger partial charge in [-0.15, -0.1) is 0 Å². The number of carbonyl (C=O) groups excluding carboxylic acids is 2. The topological polar surface area (TPSA) is 49.9 Å². The number of rotatable bonds is 6. The lowest BCUT2D eigenvalue weighted by Crippen LogP contribution is -2.48. The number of carbonyl (C=O) groups is 2. The lowest BCUT2D eigenvalue weighted by Gasteiger charge is -2.37. The van der Waals surface area contributed by atoms with Crippen LogP contribution in [0, 0.1) is 0 Å². The zero-order valence-electron chi connectivity index (χ0n) is 15.1. The van der Waals surface area contributed by atoms with E-state index in [2.05, 4.69) is 11.8 Å². The summed E-state index contributed by atoms with van der Waals surface area (Å²) in [5, 5.41) is 0. The number of benzene rings is 1. The zero-order chi connectivity index (χ0) is 17.7. The highest BCUT2D eigenvalue weighted by atomic mass is 16.5. The molecule has 5 heteroatoms. The van der Waals surface area contributed by atoms with E-state index in [-0.39, 0.29) is 17.7 Å². The zero-order valence-corrected chi connectivity index (χ0v) is 15.1. The number of ketones is 1. The first kappa shape index (κ1) is 18.5. The summed E-state index contributed by atoms with van der Waals surface area (Å²) in [6.07, 6.45) is 1.44. The predicted molar refractivity (Wildman–Crippen MR) is 94.4 cm³/mol. The summed E-state index contributed by atoms with van der Waals surface area (Å²) in [5.41, 5.74) is 0.590. The Morgan fingerprint density at radius 2 is 2.00 bits per heavy atom. The summed E-state index contributed by atoms with van der Waals surface area (Å²) in [4.78, 5) is 28.3. The molecule has 1 amide bonds. The molecule has 24 heavy (non-hydrogen) atoms. The number of likely N-dealkylation sites (tertiary alicyclic amines) is 1. The lowest BCUT2D eigenvalue weighted by molar-refractivity contribution is -0.139. The van der Waals surface area contributed by atoms with Gasteiger partial charge < -0.3 is 14.5 Å². The highest BCUT2D eigenvalue weighted by Gasteiger charge is 2.28. The van der Waals surface area contributed by atoms with Gasteiger partial charge in [0.2, 0.25) is 0 Å². The van der Waals surface area contributed by atoms with Crippen LogP contribution in [-0.2, 0) is 4.79 Å². The van der Waals surface area contributed by atoms with E-state index in [1.165, 1.54) is 6.92 Å². The van der Waals surface area contributed by atoms with Crippen molar-refractivity contribution in [2.24, 2.45) is 0 Å². The molecule has 2 rings (SSSR count). The first-order valence-corrected chi connectivity index (χ1v) is 8.69. The molecular formula is C19H28N2O3. The van der Waals surface area contributed by atoms with Crippen molar-refractivity contribution >= 4 is 11.7 Å². The maximum atomic E-state index is 12.6. The van der Waals surface area contributed by atoms with Gasteiger partial charge in [-0.1, -0.05) is 19.1 Å². The number of amides is 1. The Morgan fingerprint density at radius 3 is 2.58 bits per heavy atom. The fraction of sp³-hybridized carbons (Fsp3) is 0.579. The fourth-order valence-corrected chi connectivity index (χ4v) is 3.13. The molecule has 0 aliphatic carbocycles. The molecule has 1 fully saturated rings. The number of piperidine rings is 1. The quantitative estimate of drug-likeness (QED) is 0.752. The van der Waals surface area contributed by atoms with E-state index in [1.807, 2.05) is 11.9 Å². The van der Waals surface area contributed by atoms with Crippen LogP contribution in [0.1, 0.15) is 44.0 Å². The van der Waals surface area contributed by atoms with Crippen molar-refractivity contribution in [1.82, 2.24) is 9.80 Å². The van der Waals surface area contributed by atoms with Crippen molar-refractivity contribution in [3.8, 4) is 5.75 Å². The predicted octanol–water partition coefficient (Wildman–Crippen LogP) is 2.60. The van der Waals surface area contributed by atoms with Crippen LogP contribution >= 0.6 is 0 Å². The largest absolute Gasteiger partial charge is 0.481 e. The minimum atomic E-state index is -0.568. The van der Waals surface area contributed by atoms with Crippen molar-refractivity contribution in [3.05, 3.63) is 29.8 Å². The first-order valence-electron chi connectivity index (χ1n) is 8.69. The summed E-state index contributed by atoms with van der Waals surface area (Å²) in [7, 11) is 1.86. The number of hydrogen-bond donors (Lipinski definition) is 0. The van der Waals surface area contributed by atoms with E-state index in [4.69, 9.17) is 4.74 Å². The van der Waals surface area contributed by atoms with Gasteiger partial charge in [-0.05, 0) is 45.4 Å². The highest BCUT2D eigenvalue weighted by molar-refractivity contribution is 5.94. The van der Waals surface area contributed by atoms with E-state index in [9.17, 15) is 9.59 Å². The molecule has 1 heterocycles. The van der Waals surface area contributed by atoms with E-state index >= 15 is 0 Å². The van der Waals surface area contributed by atoms with Crippen molar-refractivity contribution < 1.29 is 14.3 Å². The number of Topliss-reactive ketones (excluding diaryl/α,β-unsaturated/α-hetero) is 1. The third-order valence-electron chi connectivity index (χ3n) is 4.80. The molecule has 0 bridgehead atoms. The van der Waals surface area contributed by atoms with Crippen LogP contribution in [0.5, 0.6) is 5.75 Å². The molecule has 1 aromatic carbocycles. The minimum Gasteiger partial charge on any atom is -0.481 e. The summed E-state index contributed by atoms with van der Waals surface area (Å²) >= 11 is 0. The molecule has 5 nitrogen and oxygen atoms in total. The normalized spacial score (nSPS) is 17.3. The SMILES string of the molecule is CCN1CCC(N(C)C(=O)C(C)Oc2cccc(C(C)=O)c2)CC1. The number of nitrogens with zero attached hydrogens (tertiary/aromatic N) is 2. The van der Waals surface area contributed by atoms with Crippen LogP contribution in [0.25, 0.3) is 0 Å². The summed E-state index contributed by atoms with van der Waals surface area (Å²) in [6.45, 7) is 8.59. The summed E-state index contributed by atoms with van der Waals surface area (Å²) in [5.74, 6) is 0.523. The van der Waals surface area contributed by atoms with E-state index in [0.717, 1.165) is 32.5 Å². The maximum absolute atomic E-state index is 12.6. The van der Waals surface area contributed by atoms with E-state index in [1.54, 1.807) is 31.2 Å². The Bertz CT molecular complexity index is 580. The second kappa shape index (κ2) is 8.29. The van der Waals surface area contributed by atoms with E-state index in [0.29, 0.717) is 11.3 Å². The Kier molecular flexibility index (Phi) is 6.37. The van der Waals surface area contributed by atoms with E-state index < -0.39 is 6.10 Å². The van der Waals surface area contributed by atoms with Crippen molar-refractivity contribution in [1.29, 1.82) is 0 Å². The Morgan fingerprint density at radius 1 is 1.33 bits per heavy atom. The van der Waals surface area contributed by atoms with Gasteiger partial charge in [0.05, 0.1) is 0 Å². The molecule has 1 aliphatic rings. The lowest BCUT2D eigenvalue weighted by atomic mass is 10.0. The van der Waals surface area contributed by atoms with Gasteiger partial charge in [0.25, 0.3) is 5.91 Å². The van der Waals surface area contributed by atoms with Crippen molar-refractivity contribution in [3.63, 3.8) is 0 Å². The standard InChI is InChI=1S/C19H28N2O3/c1-5-21-11-9-17(10-12-21)20(4)19(23)15(3)24-18-8-6-7-16(13-18)14(2)22/h6-8,13,15,17H,5,9-12H2,1-4H3. The minimum absolute atomic E-state index is 0.0146. The number of likely N-dealkylation sites (N-methyl/N-ethyl adjacent to an activating group) is 1. The molecule has 0 saturated carbocycles. The van der Waals surface area contributed by atoms with Gasteiger partial charge in [-0.3, -0.25) is 9.59 Å². The Hall–Kier alpha value is -1.88. The second-order valence-electron chi connectivity index (χ2n) is 6.46. The third kappa shape index (κ3) is 4.57. The second-order valence-corrected chi connectivity index (χ2v) is 6.46. The molecule has 0 aromatic heterocycles. The fourth-order valence-electron chi connectivity index (χ4n) is 3.13. The highest BCUT2D eigenvalue weighted by Crippen LogP contribution is 2.19. The molecule has 0 spiro atoms.